The third-order valence-electron chi connectivity index (χ3n) is 25.3. The summed E-state index contributed by atoms with van der Waals surface area (Å²) in [5, 5.41) is 20.5. The van der Waals surface area contributed by atoms with Crippen LogP contribution >= 0.6 is 23.8 Å². The number of nitrogens with zero attached hydrogens (tertiary/aromatic N) is 2. The molecule has 0 radical (unpaired) electrons. The molecular weight excluding hydrogens is 1620 g/mol. The van der Waals surface area contributed by atoms with E-state index in [1.807, 2.05) is 14.1 Å². The molecule has 6 saturated carbocycles. The Balaban J connectivity index is 0.000000268. The van der Waals surface area contributed by atoms with Crippen LogP contribution in [0.5, 0.6) is 5.75 Å². The molecule has 0 amide bonds. The minimum atomic E-state index is -0.152. The molecule has 14 heteroatoms. The van der Waals surface area contributed by atoms with Gasteiger partial charge in [0.15, 0.2) is 0 Å². The Kier molecular flexibility index (Phi) is 51.8. The van der Waals surface area contributed by atoms with Gasteiger partial charge < -0.3 is 64.7 Å². The van der Waals surface area contributed by atoms with Gasteiger partial charge in [0.25, 0.3) is 6.33 Å². The number of nitrogens with one attached hydrogen (secondary N) is 4. The van der Waals surface area contributed by atoms with Gasteiger partial charge in [-0.3, -0.25) is 0 Å². The third-order valence-corrected chi connectivity index (χ3v) is 34.8. The number of aryl methyl sites for hydroxylation is 1. The fourth-order valence-electron chi connectivity index (χ4n) is 19.0. The molecule has 123 heavy (non-hydrogen) atoms. The molecule has 8 aromatic carbocycles. The van der Waals surface area contributed by atoms with Gasteiger partial charge >= 0.3 is 17.1 Å². The predicted octanol–water partition coefficient (Wildman–Crippen LogP) is 21.9. The normalized spacial score (nSPS) is 18.0. The minimum Gasteiger partial charge on any atom is -1.00 e. The maximum atomic E-state index is 6.31. The van der Waals surface area contributed by atoms with E-state index in [9.17, 15) is 0 Å². The van der Waals surface area contributed by atoms with Crippen LogP contribution in [0.1, 0.15) is 288 Å². The zero-order chi connectivity index (χ0) is 84.8. The number of halogens is 1. The van der Waals surface area contributed by atoms with Gasteiger partial charge in [0, 0.05) is 65.1 Å². The van der Waals surface area contributed by atoms with Crippen LogP contribution < -0.4 is 81.0 Å². The van der Waals surface area contributed by atoms with Crippen molar-refractivity contribution >= 4 is 50.3 Å². The molecule has 0 saturated heterocycles. The van der Waals surface area contributed by atoms with Crippen molar-refractivity contribution in [3.63, 3.8) is 0 Å². The molecule has 0 bridgehead atoms. The summed E-state index contributed by atoms with van der Waals surface area (Å²) in [4.78, 5) is 0. The number of ether oxygens (including phenoxy) is 1. The second kappa shape index (κ2) is 59.0. The van der Waals surface area contributed by atoms with Crippen LogP contribution in [0.15, 0.2) is 219 Å². The van der Waals surface area contributed by atoms with Gasteiger partial charge in [0.05, 0.1) is 6.10 Å². The van der Waals surface area contributed by atoms with E-state index in [1.165, 1.54) is 204 Å². The zero-order valence-electron chi connectivity index (χ0n) is 79.1. The van der Waals surface area contributed by atoms with E-state index in [-0.39, 0.29) is 86.3 Å². The van der Waals surface area contributed by atoms with Crippen molar-refractivity contribution in [2.24, 2.45) is 11.5 Å². The first-order valence-corrected chi connectivity index (χ1v) is 51.1. The number of hydrogen-bond acceptors (Lipinski definition) is 7. The molecule has 8 N–H and O–H groups in total. The van der Waals surface area contributed by atoms with Crippen LogP contribution in [0.4, 0.5) is 0 Å². The Morgan fingerprint density at radius 2 is 0.732 bits per heavy atom. The zero-order valence-corrected chi connectivity index (χ0v) is 83.7. The monoisotopic (exact) mass is 1790 g/mol. The van der Waals surface area contributed by atoms with Crippen LogP contribution in [0.3, 0.4) is 0 Å². The average Bonchev–Trinajstić information content (AvgIpc) is 1.77. The van der Waals surface area contributed by atoms with E-state index in [2.05, 4.69) is 340 Å². The quantitative estimate of drug-likeness (QED) is 0.0124. The van der Waals surface area contributed by atoms with E-state index < -0.39 is 0 Å². The van der Waals surface area contributed by atoms with Crippen LogP contribution in [-0.4, -0.2) is 98.8 Å². The first-order chi connectivity index (χ1) is 57.9. The number of rotatable bonds is 23. The number of para-hydroxylation sites is 2. The number of imidazole rings is 1. The first kappa shape index (κ1) is 108. The average molecular weight is 1790 g/mol. The Hall–Kier alpha value is -5.37. The molecule has 1 heterocycles. The number of benzene rings is 8. The summed E-state index contributed by atoms with van der Waals surface area (Å²) >= 11 is 0. The van der Waals surface area contributed by atoms with Crippen molar-refractivity contribution in [1.29, 1.82) is 0 Å². The molecule has 6 aliphatic rings. The molecule has 0 spiro atoms. The van der Waals surface area contributed by atoms with Gasteiger partial charge in [0.2, 0.25) is 0 Å². The first-order valence-electron chi connectivity index (χ1n) is 46.8. The van der Waals surface area contributed by atoms with Crippen molar-refractivity contribution in [3.8, 4) is 28.3 Å². The van der Waals surface area contributed by atoms with E-state index in [1.54, 1.807) is 26.5 Å². The van der Waals surface area contributed by atoms with E-state index >= 15 is 0 Å². The molecule has 9 nitrogen and oxygen atoms in total. The summed E-state index contributed by atoms with van der Waals surface area (Å²) in [6, 6.07) is 75.9. The van der Waals surface area contributed by atoms with Crippen LogP contribution in [0.2, 0.25) is 0 Å². The molecule has 6 aliphatic carbocycles. The van der Waals surface area contributed by atoms with Gasteiger partial charge in [-0.25, -0.2) is 9.13 Å². The second-order valence-electron chi connectivity index (χ2n) is 35.9. The van der Waals surface area contributed by atoms with Crippen molar-refractivity contribution in [2.75, 3.05) is 41.3 Å². The van der Waals surface area contributed by atoms with Crippen molar-refractivity contribution < 1.29 is 38.8 Å². The van der Waals surface area contributed by atoms with Crippen molar-refractivity contribution in [2.45, 2.75) is 320 Å². The summed E-state index contributed by atoms with van der Waals surface area (Å²) in [7, 11) is 7.55. The number of aromatic nitrogens is 2. The molecule has 4 unspecified atom stereocenters. The summed E-state index contributed by atoms with van der Waals surface area (Å²) in [6.45, 7) is 26.9. The number of likely N-dealkylation sites (N-methyl/N-ethyl adjacent to an activating group) is 4. The van der Waals surface area contributed by atoms with E-state index in [4.69, 9.17) is 16.2 Å². The van der Waals surface area contributed by atoms with Gasteiger partial charge in [0.1, 0.15) is 29.5 Å². The maximum absolute atomic E-state index is 6.31. The molecular formula is C109H164ClFeN8OP3. The Morgan fingerprint density at radius 1 is 0.398 bits per heavy atom. The fraction of sp³-hybridized carbons (Fsp3) is 0.514. The topological polar surface area (TPSA) is 118 Å². The summed E-state index contributed by atoms with van der Waals surface area (Å²) < 4.78 is 11.0. The van der Waals surface area contributed by atoms with E-state index in [0.29, 0.717) is 35.8 Å². The SMILES string of the molecule is CC(C)c1cccc(C(C)C)c1-n1cc[n+](-c2c(C(C)C)cccc2C(C)C)c1.CNC1CCCCC1NC.CNCCNC.Cc1cccc(OC(C)C)c1-c1ccccc1P(C1CCCCC1)C1CCCCC1.NC1CCCCC1N.[CH3-].[CH3-].[Cl-].[Fe+2].c1ccc(P(c2ccccc2)C2CCCC2)cc1.c1ccc(P(c2ccccc2)C2CCCC2)cc1. The molecule has 1 aromatic heterocycles. The molecule has 9 aromatic rings. The Labute approximate surface area is 771 Å². The molecule has 676 valence electrons. The van der Waals surface area contributed by atoms with Crippen LogP contribution in [0, 0.1) is 21.8 Å². The molecule has 15 rings (SSSR count). The predicted molar refractivity (Wildman–Crippen MR) is 538 cm³/mol. The van der Waals surface area contributed by atoms with Crippen LogP contribution in [-0.2, 0) is 17.1 Å². The minimum absolute atomic E-state index is 0. The summed E-state index contributed by atoms with van der Waals surface area (Å²) in [5.74, 6) is 2.98. The molecule has 0 aliphatic heterocycles. The summed E-state index contributed by atoms with van der Waals surface area (Å²) in [6.07, 6.45) is 42.9. The standard InChI is InChI=1S/C28H39OP.C27H37N2.2C17H19P.C8H18N2.C6H14N2.C4H12N2.2CH3.ClH.Fe/c1-21(2)29-26-19-12-13-22(3)28(26)25-18-10-11-20-27(25)30(23-14-6-4-7-15-23)24-16-8-5-9-17-24;1-18(2)22-11-9-12-23(19(3)4)26(22)28-15-16-29(17-28)27-24(20(5)6)13-10-14-25(27)21(7)8;2*1-3-9-15(10-4-1)18(17-13-7-8-14-17)16-11-5-2-6-12-16;1-9-7-5-3-4-6-8(7)10-2;7-5-3-1-2-4-6(5)8;1-5-3-4-6-2;;;;/h10-13,18-21,23-24H,4-9,14-17H2,1-3H3;9-21H,1-8H3;2*1-6,9-12,17H,7-8,13-14H2;7-10H,3-6H2,1-2H3;5-6H,1-4,7-8H2;5-6H,3-4H2,1-2H3;2*1H3;1H;/q;+1;;;;;;2*-1;;+2/p-1. The molecule has 4 atom stereocenters. The second-order valence-corrected chi connectivity index (χ2v) is 43.7. The van der Waals surface area contributed by atoms with Gasteiger partial charge in [-0.05, 0) is 232 Å². The van der Waals surface area contributed by atoms with E-state index in [0.717, 1.165) is 54.3 Å². The Bertz CT molecular complexity index is 3890. The van der Waals surface area contributed by atoms with Crippen molar-refractivity contribution in [1.82, 2.24) is 25.8 Å². The van der Waals surface area contributed by atoms with Crippen LogP contribution in [0.25, 0.3) is 22.5 Å². The maximum Gasteiger partial charge on any atom is 2.00 e. The van der Waals surface area contributed by atoms with Gasteiger partial charge in [-0.15, -0.1) is 0 Å². The number of hydrogen-bond donors (Lipinski definition) is 6. The van der Waals surface area contributed by atoms with Crippen molar-refractivity contribution in [3.05, 3.63) is 262 Å². The van der Waals surface area contributed by atoms with Gasteiger partial charge in [-0.1, -0.05) is 347 Å². The molecule has 6 fully saturated rings. The Morgan fingerprint density at radius 3 is 1.09 bits per heavy atom. The largest absolute Gasteiger partial charge is 2.00 e. The summed E-state index contributed by atoms with van der Waals surface area (Å²) in [5.41, 5.74) is 27.3. The smallest absolute Gasteiger partial charge is 1.00 e. The fourth-order valence-corrected chi connectivity index (χ4v) is 28.9. The number of nitrogens with two attached hydrogens (primary N) is 2. The van der Waals surface area contributed by atoms with Gasteiger partial charge in [-0.2, -0.15) is 0 Å². The third kappa shape index (κ3) is 33.0.